The molecule has 0 saturated carbocycles. The van der Waals surface area contributed by atoms with Crippen molar-refractivity contribution in [2.45, 2.75) is 6.54 Å². The largest absolute Gasteiger partial charge is 0.184 e. The second-order valence-corrected chi connectivity index (χ2v) is 4.25. The molecule has 0 unspecified atom stereocenters. The van der Waals surface area contributed by atoms with Crippen LogP contribution in [0.25, 0.3) is 0 Å². The fraction of sp³-hybridized carbons (Fsp3) is 0.0769. The van der Waals surface area contributed by atoms with E-state index in [2.05, 4.69) is 10.2 Å². The van der Waals surface area contributed by atoms with E-state index in [-0.39, 0.29) is 0 Å². The molecular formula is C13H10Cl2N2. The second kappa shape index (κ2) is 5.80. The van der Waals surface area contributed by atoms with Crippen molar-refractivity contribution in [2.24, 2.45) is 10.2 Å². The Hall–Kier alpha value is -1.38. The van der Waals surface area contributed by atoms with Gasteiger partial charge in [0.2, 0.25) is 0 Å². The van der Waals surface area contributed by atoms with Crippen LogP contribution in [0.3, 0.4) is 0 Å². The first-order valence-electron chi connectivity index (χ1n) is 5.13. The van der Waals surface area contributed by atoms with Crippen LogP contribution in [0.15, 0.2) is 58.8 Å². The highest BCUT2D eigenvalue weighted by molar-refractivity contribution is 6.35. The molecule has 2 rings (SSSR count). The molecule has 0 N–H and O–H groups in total. The average molecular weight is 265 g/mol. The van der Waals surface area contributed by atoms with Crippen molar-refractivity contribution in [2.75, 3.05) is 0 Å². The zero-order valence-electron chi connectivity index (χ0n) is 8.98. The van der Waals surface area contributed by atoms with Crippen LogP contribution in [0.5, 0.6) is 0 Å². The van der Waals surface area contributed by atoms with Crippen LogP contribution < -0.4 is 0 Å². The van der Waals surface area contributed by atoms with Crippen molar-refractivity contribution in [1.82, 2.24) is 0 Å². The van der Waals surface area contributed by atoms with Gasteiger partial charge in [-0.15, -0.1) is 0 Å². The molecule has 0 radical (unpaired) electrons. The monoisotopic (exact) mass is 264 g/mol. The molecule has 0 heterocycles. The van der Waals surface area contributed by atoms with Crippen LogP contribution in [0.1, 0.15) is 5.56 Å². The normalized spacial score (nSPS) is 10.9. The van der Waals surface area contributed by atoms with Gasteiger partial charge in [0.25, 0.3) is 0 Å². The van der Waals surface area contributed by atoms with Crippen molar-refractivity contribution in [1.29, 1.82) is 0 Å². The van der Waals surface area contributed by atoms with Gasteiger partial charge in [0.1, 0.15) is 0 Å². The molecule has 0 aliphatic carbocycles. The Kier molecular flexibility index (Phi) is 4.13. The van der Waals surface area contributed by atoms with E-state index in [1.54, 1.807) is 12.1 Å². The molecule has 0 aliphatic heterocycles. The highest BCUT2D eigenvalue weighted by Crippen LogP contribution is 2.25. The molecule has 0 spiro atoms. The van der Waals surface area contributed by atoms with Gasteiger partial charge in [-0.2, -0.15) is 10.2 Å². The summed E-state index contributed by atoms with van der Waals surface area (Å²) in [7, 11) is 0. The third-order valence-electron chi connectivity index (χ3n) is 2.23. The molecule has 2 aromatic carbocycles. The number of azo groups is 1. The Morgan fingerprint density at radius 2 is 1.47 bits per heavy atom. The summed E-state index contributed by atoms with van der Waals surface area (Å²) in [5.41, 5.74) is 1.62. The number of rotatable bonds is 3. The number of halogens is 2. The van der Waals surface area contributed by atoms with Gasteiger partial charge in [-0.1, -0.05) is 47.5 Å². The van der Waals surface area contributed by atoms with Gasteiger partial charge < -0.3 is 0 Å². The summed E-state index contributed by atoms with van der Waals surface area (Å²) in [6.45, 7) is 0.382. The lowest BCUT2D eigenvalue weighted by atomic mass is 10.2. The summed E-state index contributed by atoms with van der Waals surface area (Å²) in [6.07, 6.45) is 0. The summed E-state index contributed by atoms with van der Waals surface area (Å²) in [5, 5.41) is 9.41. The first kappa shape index (κ1) is 12.1. The Morgan fingerprint density at radius 1 is 0.824 bits per heavy atom. The summed E-state index contributed by atoms with van der Waals surface area (Å²) >= 11 is 12.1. The van der Waals surface area contributed by atoms with E-state index in [1.165, 1.54) is 0 Å². The standard InChI is InChI=1S/C13H10Cl2N2/c14-12-7-4-8-13(15)11(12)9-16-17-10-5-2-1-3-6-10/h1-8H,9H2. The first-order chi connectivity index (χ1) is 8.27. The summed E-state index contributed by atoms with van der Waals surface area (Å²) in [5.74, 6) is 0. The maximum absolute atomic E-state index is 6.03. The van der Waals surface area contributed by atoms with E-state index < -0.39 is 0 Å². The van der Waals surface area contributed by atoms with Crippen LogP contribution in [0, 0.1) is 0 Å². The lowest BCUT2D eigenvalue weighted by Crippen LogP contribution is -1.84. The Morgan fingerprint density at radius 3 is 2.12 bits per heavy atom. The first-order valence-corrected chi connectivity index (χ1v) is 5.88. The summed E-state index contributed by atoms with van der Waals surface area (Å²) in [6, 6.07) is 14.9. The zero-order valence-corrected chi connectivity index (χ0v) is 10.5. The third kappa shape index (κ3) is 3.29. The van der Waals surface area contributed by atoms with Crippen molar-refractivity contribution in [3.05, 3.63) is 64.1 Å². The summed E-state index contributed by atoms with van der Waals surface area (Å²) < 4.78 is 0. The van der Waals surface area contributed by atoms with Crippen LogP contribution >= 0.6 is 23.2 Å². The SMILES string of the molecule is Clc1cccc(Cl)c1CN=Nc1ccccc1. The van der Waals surface area contributed by atoms with Crippen LogP contribution in [-0.2, 0) is 6.54 Å². The van der Waals surface area contributed by atoms with Gasteiger partial charge in [-0.3, -0.25) is 0 Å². The van der Waals surface area contributed by atoms with Crippen LogP contribution in [0.2, 0.25) is 10.0 Å². The number of hydrogen-bond donors (Lipinski definition) is 0. The molecule has 0 saturated heterocycles. The molecule has 0 fully saturated rings. The molecular weight excluding hydrogens is 255 g/mol. The smallest absolute Gasteiger partial charge is 0.0882 e. The lowest BCUT2D eigenvalue weighted by Gasteiger charge is -2.02. The number of hydrogen-bond acceptors (Lipinski definition) is 2. The van der Waals surface area contributed by atoms with Crippen LogP contribution in [-0.4, -0.2) is 0 Å². The molecule has 0 aliphatic rings. The number of nitrogens with zero attached hydrogens (tertiary/aromatic N) is 2. The van der Waals surface area contributed by atoms with Gasteiger partial charge in [0.15, 0.2) is 0 Å². The molecule has 2 nitrogen and oxygen atoms in total. The van der Waals surface area contributed by atoms with Crippen molar-refractivity contribution in [3.63, 3.8) is 0 Å². The average Bonchev–Trinajstić information content (AvgIpc) is 2.34. The maximum atomic E-state index is 6.03. The molecule has 2 aromatic rings. The lowest BCUT2D eigenvalue weighted by molar-refractivity contribution is 0.960. The van der Waals surface area contributed by atoms with E-state index in [0.29, 0.717) is 16.6 Å². The molecule has 4 heteroatoms. The van der Waals surface area contributed by atoms with Gasteiger partial charge in [0.05, 0.1) is 12.2 Å². The topological polar surface area (TPSA) is 24.7 Å². The predicted octanol–water partition coefficient (Wildman–Crippen LogP) is 5.28. The van der Waals surface area contributed by atoms with Crippen molar-refractivity contribution in [3.8, 4) is 0 Å². The van der Waals surface area contributed by atoms with Gasteiger partial charge >= 0.3 is 0 Å². The van der Waals surface area contributed by atoms with E-state index in [9.17, 15) is 0 Å². The summed E-state index contributed by atoms with van der Waals surface area (Å²) in [4.78, 5) is 0. The predicted molar refractivity (Wildman–Crippen MR) is 71.1 cm³/mol. The van der Waals surface area contributed by atoms with Crippen molar-refractivity contribution < 1.29 is 0 Å². The van der Waals surface area contributed by atoms with Gasteiger partial charge in [-0.05, 0) is 24.3 Å². The second-order valence-electron chi connectivity index (χ2n) is 3.44. The van der Waals surface area contributed by atoms with E-state index in [0.717, 1.165) is 11.3 Å². The molecule has 17 heavy (non-hydrogen) atoms. The zero-order chi connectivity index (χ0) is 12.1. The molecule has 0 amide bonds. The van der Waals surface area contributed by atoms with Gasteiger partial charge in [0, 0.05) is 15.6 Å². The maximum Gasteiger partial charge on any atom is 0.0882 e. The van der Waals surface area contributed by atoms with E-state index in [4.69, 9.17) is 23.2 Å². The fourth-order valence-corrected chi connectivity index (χ4v) is 1.88. The minimum Gasteiger partial charge on any atom is -0.184 e. The molecule has 0 aromatic heterocycles. The Bertz CT molecular complexity index is 504. The molecule has 0 bridgehead atoms. The quantitative estimate of drug-likeness (QED) is 0.675. The third-order valence-corrected chi connectivity index (χ3v) is 2.94. The van der Waals surface area contributed by atoms with Crippen molar-refractivity contribution >= 4 is 28.9 Å². The minimum atomic E-state index is 0.382. The van der Waals surface area contributed by atoms with Gasteiger partial charge in [-0.25, -0.2) is 0 Å². The Labute approximate surface area is 110 Å². The number of benzene rings is 2. The highest BCUT2D eigenvalue weighted by Gasteiger charge is 2.03. The fourth-order valence-electron chi connectivity index (χ4n) is 1.37. The van der Waals surface area contributed by atoms with E-state index in [1.807, 2.05) is 36.4 Å². The molecule has 0 atom stereocenters. The van der Waals surface area contributed by atoms with E-state index >= 15 is 0 Å². The Balaban J connectivity index is 2.10. The van der Waals surface area contributed by atoms with Crippen LogP contribution in [0.4, 0.5) is 5.69 Å². The minimum absolute atomic E-state index is 0.382. The molecule has 86 valence electrons. The highest BCUT2D eigenvalue weighted by atomic mass is 35.5.